The molecule has 1 saturated heterocycles. The van der Waals surface area contributed by atoms with Gasteiger partial charge in [-0.1, -0.05) is 41.7 Å². The van der Waals surface area contributed by atoms with Crippen LogP contribution in [0.25, 0.3) is 26.4 Å². The van der Waals surface area contributed by atoms with Crippen molar-refractivity contribution < 1.29 is 13.2 Å². The summed E-state index contributed by atoms with van der Waals surface area (Å²) < 4.78 is 43.7. The highest BCUT2D eigenvalue weighted by atomic mass is 32.1. The number of hydrogen-bond acceptors (Lipinski definition) is 7. The van der Waals surface area contributed by atoms with Gasteiger partial charge in [0.25, 0.3) is 5.56 Å². The molecule has 0 N–H and O–H groups in total. The molecule has 0 saturated carbocycles. The van der Waals surface area contributed by atoms with Gasteiger partial charge in [0.2, 0.25) is 4.96 Å². The number of benzene rings is 2. The molecule has 2 aromatic carbocycles. The van der Waals surface area contributed by atoms with E-state index in [1.165, 1.54) is 12.1 Å². The zero-order chi connectivity index (χ0) is 25.6. The van der Waals surface area contributed by atoms with Crippen LogP contribution in [0.4, 0.5) is 13.2 Å². The fourth-order valence-corrected chi connectivity index (χ4v) is 5.73. The first-order valence-electron chi connectivity index (χ1n) is 11.9. The van der Waals surface area contributed by atoms with Crippen molar-refractivity contribution in [3.63, 3.8) is 0 Å². The summed E-state index contributed by atoms with van der Waals surface area (Å²) in [6.45, 7) is 2.88. The smallest absolute Gasteiger partial charge is 0.302 e. The largest absolute Gasteiger partial charge is 0.417 e. The van der Waals surface area contributed by atoms with Crippen molar-refractivity contribution in [2.45, 2.75) is 31.5 Å². The molecule has 1 aliphatic heterocycles. The molecule has 0 atom stereocenters. The lowest BCUT2D eigenvalue weighted by Crippen LogP contribution is -2.37. The third-order valence-corrected chi connectivity index (χ3v) is 7.75. The highest BCUT2D eigenvalue weighted by Gasteiger charge is 2.34. The summed E-state index contributed by atoms with van der Waals surface area (Å²) >= 11 is 1.10. The Morgan fingerprint density at radius 1 is 0.973 bits per heavy atom. The normalized spacial score (nSPS) is 15.6. The molecule has 5 aromatic rings. The van der Waals surface area contributed by atoms with Crippen LogP contribution in [-0.2, 0) is 12.7 Å². The Hall–Kier alpha value is -3.64. The maximum Gasteiger partial charge on any atom is 0.417 e. The first-order valence-corrected chi connectivity index (χ1v) is 12.8. The van der Waals surface area contributed by atoms with E-state index in [1.54, 1.807) is 27.5 Å². The van der Waals surface area contributed by atoms with Crippen LogP contribution in [0.1, 0.15) is 30.1 Å². The molecule has 37 heavy (non-hydrogen) atoms. The second-order valence-corrected chi connectivity index (χ2v) is 10.0. The van der Waals surface area contributed by atoms with Crippen LogP contribution in [0.5, 0.6) is 0 Å². The molecule has 8 nitrogen and oxygen atoms in total. The molecule has 190 valence electrons. The third-order valence-electron chi connectivity index (χ3n) is 6.82. The van der Waals surface area contributed by atoms with Gasteiger partial charge in [0.05, 0.1) is 22.8 Å². The number of rotatable bonds is 5. The maximum atomic E-state index is 13.5. The van der Waals surface area contributed by atoms with Crippen LogP contribution in [-0.4, -0.2) is 53.9 Å². The van der Waals surface area contributed by atoms with E-state index in [9.17, 15) is 18.0 Å². The van der Waals surface area contributed by atoms with Gasteiger partial charge in [0.1, 0.15) is 5.01 Å². The van der Waals surface area contributed by atoms with Crippen LogP contribution in [0.3, 0.4) is 0 Å². The Morgan fingerprint density at radius 3 is 2.54 bits per heavy atom. The van der Waals surface area contributed by atoms with E-state index in [0.29, 0.717) is 28.2 Å². The molecule has 0 aliphatic carbocycles. The highest BCUT2D eigenvalue weighted by Crippen LogP contribution is 2.39. The molecule has 6 rings (SSSR count). The summed E-state index contributed by atoms with van der Waals surface area (Å²) in [6.07, 6.45) is -1.23. The van der Waals surface area contributed by atoms with Crippen molar-refractivity contribution in [2.75, 3.05) is 19.6 Å². The maximum absolute atomic E-state index is 13.5. The molecule has 1 aliphatic rings. The van der Waals surface area contributed by atoms with Crippen molar-refractivity contribution in [1.29, 1.82) is 0 Å². The monoisotopic (exact) mass is 525 g/mol. The van der Waals surface area contributed by atoms with E-state index in [4.69, 9.17) is 0 Å². The summed E-state index contributed by atoms with van der Waals surface area (Å²) in [4.78, 5) is 19.9. The molecule has 0 spiro atoms. The Labute approximate surface area is 213 Å². The lowest BCUT2D eigenvalue weighted by molar-refractivity contribution is -0.137. The molecule has 1 fully saturated rings. The minimum absolute atomic E-state index is 0.0437. The second kappa shape index (κ2) is 9.34. The number of likely N-dealkylation sites (tertiary alicyclic amines) is 1. The number of alkyl halides is 3. The topological polar surface area (TPSA) is 81.2 Å². The predicted molar refractivity (Wildman–Crippen MR) is 134 cm³/mol. The van der Waals surface area contributed by atoms with Crippen LogP contribution in [0.15, 0.2) is 59.7 Å². The quantitative estimate of drug-likeness (QED) is 0.337. The van der Waals surface area contributed by atoms with Gasteiger partial charge >= 0.3 is 6.18 Å². The average molecular weight is 526 g/mol. The van der Waals surface area contributed by atoms with Crippen molar-refractivity contribution in [3.8, 4) is 10.6 Å². The van der Waals surface area contributed by atoms with E-state index in [2.05, 4.69) is 25.2 Å². The summed E-state index contributed by atoms with van der Waals surface area (Å²) in [5.41, 5.74) is -0.0192. The third kappa shape index (κ3) is 4.51. The van der Waals surface area contributed by atoms with Gasteiger partial charge in [0.15, 0.2) is 5.82 Å². The Bertz CT molecular complexity index is 1630. The minimum Gasteiger partial charge on any atom is -0.302 e. The molecule has 0 unspecified atom stereocenters. The number of hydrogen-bond donors (Lipinski definition) is 0. The number of piperidine rings is 1. The van der Waals surface area contributed by atoms with E-state index in [0.717, 1.165) is 49.9 Å². The number of nitrogens with zero attached hydrogens (tertiary/aromatic N) is 7. The van der Waals surface area contributed by atoms with Gasteiger partial charge in [-0.2, -0.15) is 22.8 Å². The SMILES string of the molecule is O=c1c2ccccc2ncn1CCN1CCC(c2nnc3sc(-c4ccccc4C(F)(F)F)nn23)CC1. The van der Waals surface area contributed by atoms with E-state index in [-0.39, 0.29) is 22.0 Å². The van der Waals surface area contributed by atoms with Gasteiger partial charge in [-0.3, -0.25) is 9.36 Å². The van der Waals surface area contributed by atoms with Crippen molar-refractivity contribution in [2.24, 2.45) is 0 Å². The number of fused-ring (bicyclic) bond motifs is 2. The van der Waals surface area contributed by atoms with Crippen LogP contribution >= 0.6 is 11.3 Å². The molecule has 3 aromatic heterocycles. The zero-order valence-electron chi connectivity index (χ0n) is 19.6. The summed E-state index contributed by atoms with van der Waals surface area (Å²) in [5, 5.41) is 13.9. The first-order chi connectivity index (χ1) is 17.9. The van der Waals surface area contributed by atoms with Crippen molar-refractivity contribution >= 4 is 27.2 Å². The van der Waals surface area contributed by atoms with Crippen LogP contribution in [0.2, 0.25) is 0 Å². The fraction of sp³-hybridized carbons (Fsp3) is 0.320. The Kier molecular flexibility index (Phi) is 6.00. The first kappa shape index (κ1) is 23.7. The molecular formula is C25H22F3N7OS. The average Bonchev–Trinajstić information content (AvgIpc) is 3.50. The van der Waals surface area contributed by atoms with E-state index >= 15 is 0 Å². The predicted octanol–water partition coefficient (Wildman–Crippen LogP) is 4.46. The molecular weight excluding hydrogens is 503 g/mol. The van der Waals surface area contributed by atoms with Gasteiger partial charge < -0.3 is 4.90 Å². The zero-order valence-corrected chi connectivity index (χ0v) is 20.4. The van der Waals surface area contributed by atoms with Crippen molar-refractivity contribution in [3.05, 3.63) is 76.6 Å². The summed E-state index contributed by atoms with van der Waals surface area (Å²) in [5.74, 6) is 0.778. The second-order valence-electron chi connectivity index (χ2n) is 9.08. The van der Waals surface area contributed by atoms with Gasteiger partial charge in [0, 0.05) is 24.6 Å². The van der Waals surface area contributed by atoms with Gasteiger partial charge in [-0.15, -0.1) is 10.2 Å². The minimum atomic E-state index is -4.47. The molecule has 0 radical (unpaired) electrons. The molecule has 0 amide bonds. The van der Waals surface area contributed by atoms with Gasteiger partial charge in [-0.05, 0) is 44.1 Å². The summed E-state index contributed by atoms with van der Waals surface area (Å²) in [7, 11) is 0. The lowest BCUT2D eigenvalue weighted by atomic mass is 9.96. The highest BCUT2D eigenvalue weighted by molar-refractivity contribution is 7.19. The van der Waals surface area contributed by atoms with E-state index < -0.39 is 11.7 Å². The van der Waals surface area contributed by atoms with Gasteiger partial charge in [-0.25, -0.2) is 4.98 Å². The van der Waals surface area contributed by atoms with E-state index in [1.807, 2.05) is 18.2 Å². The molecule has 12 heteroatoms. The number of halogens is 3. The number of para-hydroxylation sites is 1. The Morgan fingerprint density at radius 2 is 1.73 bits per heavy atom. The summed E-state index contributed by atoms with van der Waals surface area (Å²) in [6, 6.07) is 12.8. The standard InChI is InChI=1S/C25H22F3N7OS/c26-25(27,28)19-7-3-1-5-17(19)22-32-35-21(30-31-24(35)37-22)16-9-11-33(12-10-16)13-14-34-15-29-20-8-4-2-6-18(20)23(34)36/h1-8,15-16H,9-14H2. The van der Waals surface area contributed by atoms with Crippen LogP contribution in [0, 0.1) is 0 Å². The fourth-order valence-electron chi connectivity index (χ4n) is 4.84. The number of aromatic nitrogens is 6. The lowest BCUT2D eigenvalue weighted by Gasteiger charge is -2.30. The Balaban J connectivity index is 1.14. The van der Waals surface area contributed by atoms with Crippen molar-refractivity contribution in [1.82, 2.24) is 34.3 Å². The molecule has 0 bridgehead atoms. The molecule has 4 heterocycles. The van der Waals surface area contributed by atoms with Crippen LogP contribution < -0.4 is 5.56 Å².